The Morgan fingerprint density at radius 3 is 2.62 bits per heavy atom. The van der Waals surface area contributed by atoms with Gasteiger partial charge in [0.15, 0.2) is 0 Å². The highest BCUT2D eigenvalue weighted by atomic mass is 32.2. The third kappa shape index (κ3) is 3.62. The van der Waals surface area contributed by atoms with Gasteiger partial charge in [0.1, 0.15) is 10.3 Å². The molecule has 1 aromatic heterocycles. The normalized spacial score (nSPS) is 22.7. The molecule has 0 aliphatic carbocycles. The summed E-state index contributed by atoms with van der Waals surface area (Å²) in [6.45, 7) is 5.50. The maximum atomic E-state index is 12.2. The van der Waals surface area contributed by atoms with Gasteiger partial charge in [0.2, 0.25) is 5.91 Å². The van der Waals surface area contributed by atoms with Gasteiger partial charge in [-0.25, -0.2) is 13.1 Å². The van der Waals surface area contributed by atoms with Gasteiger partial charge in [0, 0.05) is 11.3 Å². The summed E-state index contributed by atoms with van der Waals surface area (Å²) >= 11 is 1.12. The van der Waals surface area contributed by atoms with E-state index in [-0.39, 0.29) is 16.0 Å². The van der Waals surface area contributed by atoms with E-state index < -0.39 is 22.0 Å². The van der Waals surface area contributed by atoms with Gasteiger partial charge in [-0.2, -0.15) is 0 Å². The lowest BCUT2D eigenvalue weighted by Gasteiger charge is -2.26. The lowest BCUT2D eigenvalue weighted by atomic mass is 9.93. The molecule has 116 valence electrons. The zero-order valence-electron chi connectivity index (χ0n) is 12.1. The molecule has 1 aliphatic rings. The Morgan fingerprint density at radius 1 is 1.43 bits per heavy atom. The Labute approximate surface area is 128 Å². The Morgan fingerprint density at radius 2 is 2.10 bits per heavy atom. The van der Waals surface area contributed by atoms with Crippen molar-refractivity contribution in [3.63, 3.8) is 0 Å². The Hall–Kier alpha value is -1.41. The minimum atomic E-state index is -3.88. The van der Waals surface area contributed by atoms with Crippen molar-refractivity contribution in [3.8, 4) is 0 Å². The van der Waals surface area contributed by atoms with Crippen LogP contribution in [0.1, 0.15) is 30.2 Å². The molecule has 2 rings (SSSR count). The van der Waals surface area contributed by atoms with E-state index in [0.29, 0.717) is 12.8 Å². The van der Waals surface area contributed by atoms with E-state index >= 15 is 0 Å². The Kier molecular flexibility index (Phi) is 4.38. The number of amides is 2. The van der Waals surface area contributed by atoms with E-state index in [2.05, 4.69) is 10.0 Å². The Balaban J connectivity index is 2.13. The van der Waals surface area contributed by atoms with Crippen LogP contribution in [0.3, 0.4) is 0 Å². The van der Waals surface area contributed by atoms with Crippen LogP contribution < -0.4 is 10.0 Å². The maximum Gasteiger partial charge on any atom is 0.273 e. The average molecular weight is 330 g/mol. The predicted molar refractivity (Wildman–Crippen MR) is 79.5 cm³/mol. The summed E-state index contributed by atoms with van der Waals surface area (Å²) in [5.41, 5.74) is 0.868. The largest absolute Gasteiger partial charge is 0.344 e. The van der Waals surface area contributed by atoms with Crippen molar-refractivity contribution < 1.29 is 18.0 Å². The lowest BCUT2D eigenvalue weighted by molar-refractivity contribution is -0.131. The maximum absolute atomic E-state index is 12.2. The molecule has 2 atom stereocenters. The molecule has 21 heavy (non-hydrogen) atoms. The van der Waals surface area contributed by atoms with Crippen molar-refractivity contribution in [1.29, 1.82) is 0 Å². The number of piperidine rings is 1. The quantitative estimate of drug-likeness (QED) is 0.867. The SMILES string of the molecule is Cc1cc(S(=O)(=O)NC(=O)[C@H]2C[C@@H](C)CC(=O)N2)sc1C. The molecule has 0 aromatic carbocycles. The number of carbonyl (C=O) groups is 2. The van der Waals surface area contributed by atoms with E-state index in [4.69, 9.17) is 0 Å². The van der Waals surface area contributed by atoms with Gasteiger partial charge in [-0.05, 0) is 37.8 Å². The van der Waals surface area contributed by atoms with Crippen LogP contribution in [-0.2, 0) is 19.6 Å². The molecule has 2 N–H and O–H groups in total. The van der Waals surface area contributed by atoms with Crippen molar-refractivity contribution in [1.82, 2.24) is 10.0 Å². The van der Waals surface area contributed by atoms with E-state index in [1.165, 1.54) is 6.07 Å². The van der Waals surface area contributed by atoms with Crippen LogP contribution in [0, 0.1) is 19.8 Å². The second-order valence-electron chi connectivity index (χ2n) is 5.44. The van der Waals surface area contributed by atoms with Gasteiger partial charge in [-0.1, -0.05) is 6.92 Å². The van der Waals surface area contributed by atoms with Gasteiger partial charge in [-0.3, -0.25) is 9.59 Å². The molecule has 6 nitrogen and oxygen atoms in total. The molecule has 0 saturated carbocycles. The van der Waals surface area contributed by atoms with Gasteiger partial charge in [0.05, 0.1) is 0 Å². The second kappa shape index (κ2) is 5.76. The second-order valence-corrected chi connectivity index (χ2v) is 8.61. The third-order valence-electron chi connectivity index (χ3n) is 3.47. The first-order valence-corrected chi connectivity index (χ1v) is 8.92. The monoisotopic (exact) mass is 330 g/mol. The molecule has 1 aliphatic heterocycles. The first-order chi connectivity index (χ1) is 9.69. The molecular weight excluding hydrogens is 312 g/mol. The van der Waals surface area contributed by atoms with Gasteiger partial charge < -0.3 is 5.32 Å². The first-order valence-electron chi connectivity index (χ1n) is 6.62. The van der Waals surface area contributed by atoms with Gasteiger partial charge >= 0.3 is 0 Å². The summed E-state index contributed by atoms with van der Waals surface area (Å²) in [6, 6.07) is 0.746. The molecule has 1 aromatic rings. The van der Waals surface area contributed by atoms with Crippen LogP contribution in [0.2, 0.25) is 0 Å². The van der Waals surface area contributed by atoms with Gasteiger partial charge in [0.25, 0.3) is 15.9 Å². The minimum Gasteiger partial charge on any atom is -0.344 e. The smallest absolute Gasteiger partial charge is 0.273 e. The number of hydrogen-bond acceptors (Lipinski definition) is 5. The molecular formula is C13H18N2O4S2. The third-order valence-corrected chi connectivity index (χ3v) is 6.44. The van der Waals surface area contributed by atoms with Crippen LogP contribution in [0.4, 0.5) is 0 Å². The predicted octanol–water partition coefficient (Wildman–Crippen LogP) is 1.08. The van der Waals surface area contributed by atoms with E-state index in [9.17, 15) is 18.0 Å². The summed E-state index contributed by atoms with van der Waals surface area (Å²) in [5, 5.41) is 2.53. The van der Waals surface area contributed by atoms with E-state index in [0.717, 1.165) is 21.8 Å². The molecule has 1 saturated heterocycles. The summed E-state index contributed by atoms with van der Waals surface area (Å²) in [7, 11) is -3.88. The lowest BCUT2D eigenvalue weighted by Crippen LogP contribution is -2.51. The van der Waals surface area contributed by atoms with Crippen LogP contribution >= 0.6 is 11.3 Å². The number of sulfonamides is 1. The van der Waals surface area contributed by atoms with Crippen LogP contribution in [0.5, 0.6) is 0 Å². The fourth-order valence-corrected chi connectivity index (χ4v) is 4.75. The molecule has 0 spiro atoms. The number of aryl methyl sites for hydroxylation is 2. The summed E-state index contributed by atoms with van der Waals surface area (Å²) in [4.78, 5) is 24.4. The molecule has 2 amide bonds. The fourth-order valence-electron chi connectivity index (χ4n) is 2.21. The topological polar surface area (TPSA) is 92.3 Å². The summed E-state index contributed by atoms with van der Waals surface area (Å²) in [5.74, 6) is -0.851. The van der Waals surface area contributed by atoms with Crippen LogP contribution in [-0.4, -0.2) is 26.3 Å². The number of rotatable bonds is 3. The molecule has 1 fully saturated rings. The summed E-state index contributed by atoms with van der Waals surface area (Å²) in [6.07, 6.45) is 0.801. The molecule has 0 bridgehead atoms. The first kappa shape index (κ1) is 16.0. The highest BCUT2D eigenvalue weighted by Crippen LogP contribution is 2.25. The molecule has 2 heterocycles. The standard InChI is InChI=1S/C13H18N2O4S2/c1-7-4-10(14-11(16)5-7)13(17)15-21(18,19)12-6-8(2)9(3)20-12/h6-7,10H,4-5H2,1-3H3,(H,14,16)(H,15,17)/t7-,10-/m1/s1. The van der Waals surface area contributed by atoms with Crippen LogP contribution in [0.15, 0.2) is 10.3 Å². The minimum absolute atomic E-state index is 0.0587. The highest BCUT2D eigenvalue weighted by Gasteiger charge is 2.31. The van der Waals surface area contributed by atoms with Crippen LogP contribution in [0.25, 0.3) is 0 Å². The molecule has 8 heteroatoms. The molecule has 0 unspecified atom stereocenters. The number of carbonyl (C=O) groups excluding carboxylic acids is 2. The van der Waals surface area contributed by atoms with E-state index in [1.54, 1.807) is 0 Å². The van der Waals surface area contributed by atoms with Crippen molar-refractivity contribution in [2.45, 2.75) is 43.9 Å². The van der Waals surface area contributed by atoms with E-state index in [1.807, 2.05) is 20.8 Å². The highest BCUT2D eigenvalue weighted by molar-refractivity contribution is 7.92. The Bertz CT molecular complexity index is 659. The summed E-state index contributed by atoms with van der Waals surface area (Å²) < 4.78 is 26.5. The average Bonchev–Trinajstić information content (AvgIpc) is 2.68. The van der Waals surface area contributed by atoms with Crippen molar-refractivity contribution in [3.05, 3.63) is 16.5 Å². The number of nitrogens with one attached hydrogen (secondary N) is 2. The molecule has 0 radical (unpaired) electrons. The fraction of sp³-hybridized carbons (Fsp3) is 0.538. The zero-order chi connectivity index (χ0) is 15.8. The van der Waals surface area contributed by atoms with Crippen molar-refractivity contribution >= 4 is 33.2 Å². The number of hydrogen-bond donors (Lipinski definition) is 2. The van der Waals surface area contributed by atoms with Gasteiger partial charge in [-0.15, -0.1) is 11.3 Å². The number of thiophene rings is 1. The zero-order valence-corrected chi connectivity index (χ0v) is 13.7. The van der Waals surface area contributed by atoms with Crippen molar-refractivity contribution in [2.24, 2.45) is 5.92 Å². The van der Waals surface area contributed by atoms with Crippen molar-refractivity contribution in [2.75, 3.05) is 0 Å².